The van der Waals surface area contributed by atoms with Gasteiger partial charge in [-0.25, -0.2) is 0 Å². The first-order valence-electron chi connectivity index (χ1n) is 7.11. The van der Waals surface area contributed by atoms with Gasteiger partial charge >= 0.3 is 0 Å². The van der Waals surface area contributed by atoms with Gasteiger partial charge in [-0.05, 0) is 30.5 Å². The fourth-order valence-corrected chi connectivity index (χ4v) is 2.75. The molecule has 3 nitrogen and oxygen atoms in total. The third-order valence-electron chi connectivity index (χ3n) is 3.72. The quantitative estimate of drug-likeness (QED) is 0.869. The molecule has 0 unspecified atom stereocenters. The fourth-order valence-electron chi connectivity index (χ4n) is 2.75. The molecule has 104 valence electrons. The zero-order valence-electron chi connectivity index (χ0n) is 11.8. The summed E-state index contributed by atoms with van der Waals surface area (Å²) in [6.07, 6.45) is 1.08. The summed E-state index contributed by atoms with van der Waals surface area (Å²) in [5.74, 6) is 0.848. The molecule has 2 aromatic carbocycles. The second-order valence-corrected chi connectivity index (χ2v) is 5.13. The van der Waals surface area contributed by atoms with E-state index in [0.29, 0.717) is 6.61 Å². The first kappa shape index (κ1) is 12.9. The van der Waals surface area contributed by atoms with E-state index in [0.717, 1.165) is 36.6 Å². The molecule has 0 spiro atoms. The standard InChI is InChI=1S/C17H20N2O/c1-2-20-17-10-15(18)9-16(11-17)19-8-7-13-5-3-4-6-14(13)12-19/h3-6,9-11H,2,7-8,12,18H2,1H3. The van der Waals surface area contributed by atoms with Crippen LogP contribution in [0.25, 0.3) is 0 Å². The number of nitrogens with two attached hydrogens (primary N) is 1. The Kier molecular flexibility index (Phi) is 3.50. The Hall–Kier alpha value is -2.16. The maximum Gasteiger partial charge on any atom is 0.123 e. The molecule has 0 atom stereocenters. The van der Waals surface area contributed by atoms with Gasteiger partial charge in [0.25, 0.3) is 0 Å². The van der Waals surface area contributed by atoms with Crippen LogP contribution in [-0.2, 0) is 13.0 Å². The highest BCUT2D eigenvalue weighted by Crippen LogP contribution is 2.29. The zero-order valence-corrected chi connectivity index (χ0v) is 11.8. The lowest BCUT2D eigenvalue weighted by molar-refractivity contribution is 0.340. The molecular weight excluding hydrogens is 248 g/mol. The van der Waals surface area contributed by atoms with Crippen molar-refractivity contribution in [2.75, 3.05) is 23.8 Å². The van der Waals surface area contributed by atoms with Crippen LogP contribution in [0.15, 0.2) is 42.5 Å². The summed E-state index contributed by atoms with van der Waals surface area (Å²) in [4.78, 5) is 2.36. The van der Waals surface area contributed by atoms with Crippen LogP contribution in [0.2, 0.25) is 0 Å². The molecule has 3 heteroatoms. The number of nitrogens with zero attached hydrogens (tertiary/aromatic N) is 1. The van der Waals surface area contributed by atoms with Crippen molar-refractivity contribution in [2.45, 2.75) is 19.9 Å². The van der Waals surface area contributed by atoms with Crippen molar-refractivity contribution in [3.63, 3.8) is 0 Å². The molecular formula is C17H20N2O. The first-order valence-corrected chi connectivity index (χ1v) is 7.11. The molecule has 2 aromatic rings. The van der Waals surface area contributed by atoms with Crippen molar-refractivity contribution < 1.29 is 4.74 Å². The summed E-state index contributed by atoms with van der Waals surface area (Å²) in [7, 11) is 0. The predicted octanol–water partition coefficient (Wildman–Crippen LogP) is 3.23. The van der Waals surface area contributed by atoms with Crippen molar-refractivity contribution in [2.24, 2.45) is 0 Å². The van der Waals surface area contributed by atoms with Crippen LogP contribution in [0, 0.1) is 0 Å². The highest BCUT2D eigenvalue weighted by molar-refractivity contribution is 5.61. The van der Waals surface area contributed by atoms with Crippen LogP contribution in [-0.4, -0.2) is 13.2 Å². The monoisotopic (exact) mass is 268 g/mol. The lowest BCUT2D eigenvalue weighted by Gasteiger charge is -2.31. The molecule has 1 aliphatic rings. The first-order chi connectivity index (χ1) is 9.76. The molecule has 1 heterocycles. The summed E-state index contributed by atoms with van der Waals surface area (Å²) >= 11 is 0. The summed E-state index contributed by atoms with van der Waals surface area (Å²) in [6, 6.07) is 14.6. The molecule has 0 radical (unpaired) electrons. The second kappa shape index (κ2) is 5.45. The number of anilines is 2. The minimum Gasteiger partial charge on any atom is -0.494 e. The number of fused-ring (bicyclic) bond motifs is 1. The molecule has 0 aromatic heterocycles. The number of benzene rings is 2. The van der Waals surface area contributed by atoms with Gasteiger partial charge in [0, 0.05) is 36.6 Å². The molecule has 3 rings (SSSR count). The molecule has 20 heavy (non-hydrogen) atoms. The summed E-state index contributed by atoms with van der Waals surface area (Å²) in [5, 5.41) is 0. The van der Waals surface area contributed by atoms with Gasteiger partial charge in [0.15, 0.2) is 0 Å². The lowest BCUT2D eigenvalue weighted by atomic mass is 9.99. The number of nitrogen functional groups attached to an aromatic ring is 1. The van der Waals surface area contributed by atoms with Crippen LogP contribution in [0.1, 0.15) is 18.1 Å². The van der Waals surface area contributed by atoms with E-state index in [2.05, 4.69) is 35.2 Å². The normalized spacial score (nSPS) is 13.9. The minimum absolute atomic E-state index is 0.658. The van der Waals surface area contributed by atoms with Crippen LogP contribution >= 0.6 is 0 Å². The largest absolute Gasteiger partial charge is 0.494 e. The van der Waals surface area contributed by atoms with E-state index in [-0.39, 0.29) is 0 Å². The van der Waals surface area contributed by atoms with Crippen LogP contribution in [0.5, 0.6) is 5.75 Å². The smallest absolute Gasteiger partial charge is 0.123 e. The van der Waals surface area contributed by atoms with Crippen molar-refractivity contribution in [3.8, 4) is 5.75 Å². The highest BCUT2D eigenvalue weighted by atomic mass is 16.5. The maximum atomic E-state index is 5.98. The Bertz CT molecular complexity index is 610. The molecule has 0 fully saturated rings. The molecule has 0 amide bonds. The highest BCUT2D eigenvalue weighted by Gasteiger charge is 2.16. The van der Waals surface area contributed by atoms with Crippen molar-refractivity contribution in [1.29, 1.82) is 0 Å². The topological polar surface area (TPSA) is 38.5 Å². The zero-order chi connectivity index (χ0) is 13.9. The number of rotatable bonds is 3. The average molecular weight is 268 g/mol. The van der Waals surface area contributed by atoms with Crippen LogP contribution in [0.4, 0.5) is 11.4 Å². The van der Waals surface area contributed by atoms with Crippen LogP contribution in [0.3, 0.4) is 0 Å². The third kappa shape index (κ3) is 2.57. The number of hydrogen-bond acceptors (Lipinski definition) is 3. The average Bonchev–Trinajstić information content (AvgIpc) is 2.46. The Labute approximate surface area is 120 Å². The second-order valence-electron chi connectivity index (χ2n) is 5.13. The SMILES string of the molecule is CCOc1cc(N)cc(N2CCc3ccccc3C2)c1. The van der Waals surface area contributed by atoms with Gasteiger partial charge in [0.2, 0.25) is 0 Å². The Morgan fingerprint density at radius 3 is 2.75 bits per heavy atom. The molecule has 0 aliphatic carbocycles. The molecule has 0 bridgehead atoms. The number of ether oxygens (including phenoxy) is 1. The van der Waals surface area contributed by atoms with E-state index in [9.17, 15) is 0 Å². The maximum absolute atomic E-state index is 5.98. The lowest BCUT2D eigenvalue weighted by Crippen LogP contribution is -2.30. The minimum atomic E-state index is 0.658. The molecule has 0 saturated carbocycles. The summed E-state index contributed by atoms with van der Waals surface area (Å²) < 4.78 is 5.58. The van der Waals surface area contributed by atoms with Gasteiger partial charge < -0.3 is 15.4 Å². The van der Waals surface area contributed by atoms with Gasteiger partial charge in [0.1, 0.15) is 5.75 Å². The van der Waals surface area contributed by atoms with E-state index in [1.54, 1.807) is 0 Å². The van der Waals surface area contributed by atoms with E-state index < -0.39 is 0 Å². The van der Waals surface area contributed by atoms with E-state index in [1.807, 2.05) is 19.1 Å². The Balaban J connectivity index is 1.87. The van der Waals surface area contributed by atoms with Crippen molar-refractivity contribution >= 4 is 11.4 Å². The molecule has 2 N–H and O–H groups in total. The number of hydrogen-bond donors (Lipinski definition) is 1. The van der Waals surface area contributed by atoms with Gasteiger partial charge in [0.05, 0.1) is 6.61 Å². The third-order valence-corrected chi connectivity index (χ3v) is 3.72. The van der Waals surface area contributed by atoms with Crippen LogP contribution < -0.4 is 15.4 Å². The van der Waals surface area contributed by atoms with Crippen molar-refractivity contribution in [3.05, 3.63) is 53.6 Å². The molecule has 0 saturated heterocycles. The van der Waals surface area contributed by atoms with Gasteiger partial charge in [-0.2, -0.15) is 0 Å². The van der Waals surface area contributed by atoms with E-state index in [4.69, 9.17) is 10.5 Å². The van der Waals surface area contributed by atoms with Gasteiger partial charge in [-0.3, -0.25) is 0 Å². The van der Waals surface area contributed by atoms with Gasteiger partial charge in [-0.1, -0.05) is 24.3 Å². The Morgan fingerprint density at radius 2 is 1.95 bits per heavy atom. The van der Waals surface area contributed by atoms with E-state index >= 15 is 0 Å². The fraction of sp³-hybridized carbons (Fsp3) is 0.294. The predicted molar refractivity (Wildman–Crippen MR) is 83.2 cm³/mol. The summed E-state index contributed by atoms with van der Waals surface area (Å²) in [5.41, 5.74) is 10.7. The van der Waals surface area contributed by atoms with Crippen molar-refractivity contribution in [1.82, 2.24) is 0 Å². The molecule has 1 aliphatic heterocycles. The Morgan fingerprint density at radius 1 is 1.15 bits per heavy atom. The summed E-state index contributed by atoms with van der Waals surface area (Å²) in [6.45, 7) is 4.60. The van der Waals surface area contributed by atoms with Gasteiger partial charge in [-0.15, -0.1) is 0 Å². The van der Waals surface area contributed by atoms with E-state index in [1.165, 1.54) is 11.1 Å².